The number of hydrogen-bond donors (Lipinski definition) is 1. The Morgan fingerprint density at radius 3 is 2.44 bits per heavy atom. The number of rotatable bonds is 5. The first-order chi connectivity index (χ1) is 11.7. The van der Waals surface area contributed by atoms with Gasteiger partial charge < -0.3 is 19.3 Å². The van der Waals surface area contributed by atoms with Crippen LogP contribution in [0.5, 0.6) is 17.2 Å². The number of Topliss-reactive ketones (excluding diaryl/α,β-unsaturated/α-hetero) is 1. The maximum Gasteiger partial charge on any atom is 0.334 e. The number of esters is 1. The van der Waals surface area contributed by atoms with Crippen molar-refractivity contribution in [3.8, 4) is 17.2 Å². The van der Waals surface area contributed by atoms with Gasteiger partial charge in [0, 0.05) is 11.1 Å². The predicted octanol–water partition coefficient (Wildman–Crippen LogP) is 3.49. The predicted molar refractivity (Wildman–Crippen MR) is 92.2 cm³/mol. The van der Waals surface area contributed by atoms with Gasteiger partial charge >= 0.3 is 5.97 Å². The van der Waals surface area contributed by atoms with Crippen LogP contribution in [0.3, 0.4) is 0 Å². The van der Waals surface area contributed by atoms with Crippen LogP contribution in [0.1, 0.15) is 49.7 Å². The summed E-state index contributed by atoms with van der Waals surface area (Å²) in [6, 6.07) is 1.47. The Morgan fingerprint density at radius 1 is 1.32 bits per heavy atom. The number of phenols is 1. The van der Waals surface area contributed by atoms with Crippen LogP contribution in [0.4, 0.5) is 0 Å². The molecule has 0 amide bonds. The molecule has 1 aromatic carbocycles. The van der Waals surface area contributed by atoms with E-state index in [-0.39, 0.29) is 28.6 Å². The molecule has 0 aliphatic carbocycles. The molecule has 0 saturated carbocycles. The molecule has 1 aliphatic rings. The number of phenolic OH excluding ortho intramolecular Hbond substituents is 1. The zero-order chi connectivity index (χ0) is 18.9. The molecule has 2 atom stereocenters. The second kappa shape index (κ2) is 7.01. The lowest BCUT2D eigenvalue weighted by Crippen LogP contribution is -2.24. The van der Waals surface area contributed by atoms with E-state index in [9.17, 15) is 14.7 Å². The van der Waals surface area contributed by atoms with E-state index in [1.165, 1.54) is 20.1 Å². The number of hydrogen-bond acceptors (Lipinski definition) is 6. The Hall–Kier alpha value is -2.76. The number of ketones is 1. The fourth-order valence-electron chi connectivity index (χ4n) is 2.60. The van der Waals surface area contributed by atoms with Gasteiger partial charge in [0.2, 0.25) is 5.75 Å². The molecule has 134 valence electrons. The number of methoxy groups -OCH3 is 1. The smallest absolute Gasteiger partial charge is 0.334 e. The number of benzene rings is 1. The van der Waals surface area contributed by atoms with Gasteiger partial charge in [-0.25, -0.2) is 4.79 Å². The van der Waals surface area contributed by atoms with Crippen molar-refractivity contribution in [1.82, 2.24) is 0 Å². The third-order valence-electron chi connectivity index (χ3n) is 4.12. The molecule has 25 heavy (non-hydrogen) atoms. The molecule has 0 bridgehead atoms. The Balaban J connectivity index is 2.61. The highest BCUT2D eigenvalue weighted by molar-refractivity contribution is 5.98. The molecule has 6 nitrogen and oxygen atoms in total. The Morgan fingerprint density at radius 2 is 1.96 bits per heavy atom. The van der Waals surface area contributed by atoms with E-state index < -0.39 is 18.2 Å². The summed E-state index contributed by atoms with van der Waals surface area (Å²) in [6.07, 6.45) is 0.217. The van der Waals surface area contributed by atoms with Crippen LogP contribution in [0.25, 0.3) is 0 Å². The van der Waals surface area contributed by atoms with Gasteiger partial charge in [-0.2, -0.15) is 0 Å². The van der Waals surface area contributed by atoms with Crippen LogP contribution in [0.2, 0.25) is 0 Å². The molecule has 1 N–H and O–H groups in total. The Bertz CT molecular complexity index is 775. The van der Waals surface area contributed by atoms with Crippen molar-refractivity contribution in [2.75, 3.05) is 7.11 Å². The van der Waals surface area contributed by atoms with Crippen LogP contribution in [-0.4, -0.2) is 30.1 Å². The summed E-state index contributed by atoms with van der Waals surface area (Å²) in [7, 11) is 1.36. The van der Waals surface area contributed by atoms with Gasteiger partial charge in [-0.3, -0.25) is 4.79 Å². The number of aromatic hydroxyl groups is 1. The number of carbonyl (C=O) groups is 2. The van der Waals surface area contributed by atoms with E-state index in [2.05, 4.69) is 6.58 Å². The van der Waals surface area contributed by atoms with Crippen molar-refractivity contribution >= 4 is 11.8 Å². The largest absolute Gasteiger partial charge is 0.504 e. The van der Waals surface area contributed by atoms with E-state index in [1.807, 2.05) is 0 Å². The average molecular weight is 346 g/mol. The van der Waals surface area contributed by atoms with Gasteiger partial charge in [0.1, 0.15) is 0 Å². The fourth-order valence-corrected chi connectivity index (χ4v) is 2.60. The molecular formula is C19H22O6. The van der Waals surface area contributed by atoms with E-state index >= 15 is 0 Å². The highest BCUT2D eigenvalue weighted by atomic mass is 16.6. The number of carbonyl (C=O) groups excluding carboxylic acids is 2. The summed E-state index contributed by atoms with van der Waals surface area (Å²) in [5.41, 5.74) is 1.62. The molecule has 6 heteroatoms. The van der Waals surface area contributed by atoms with Gasteiger partial charge in [-0.05, 0) is 39.3 Å². The van der Waals surface area contributed by atoms with Crippen molar-refractivity contribution in [2.24, 2.45) is 0 Å². The lowest BCUT2D eigenvalue weighted by atomic mass is 9.98. The number of ether oxygens (including phenoxy) is 3. The molecule has 0 spiro atoms. The molecule has 0 radical (unpaired) electrons. The maximum atomic E-state index is 12.2. The quantitative estimate of drug-likeness (QED) is 0.380. The van der Waals surface area contributed by atoms with Crippen molar-refractivity contribution < 1.29 is 28.9 Å². The molecular weight excluding hydrogens is 324 g/mol. The first kappa shape index (κ1) is 18.6. The molecule has 1 heterocycles. The summed E-state index contributed by atoms with van der Waals surface area (Å²) in [4.78, 5) is 24.1. The lowest BCUT2D eigenvalue weighted by Gasteiger charge is -2.19. The van der Waals surface area contributed by atoms with Gasteiger partial charge in [0.05, 0.1) is 12.7 Å². The molecule has 1 aliphatic heterocycles. The second-order valence-corrected chi connectivity index (χ2v) is 5.96. The summed E-state index contributed by atoms with van der Waals surface area (Å²) >= 11 is 0. The highest BCUT2D eigenvalue weighted by Gasteiger charge is 2.42. The second-order valence-electron chi connectivity index (χ2n) is 5.96. The average Bonchev–Trinajstić information content (AvgIpc) is 2.91. The minimum atomic E-state index is -0.789. The SMILES string of the molecule is C=C(C)[C@H]1Oc2c(cc(C(C)=O)c(O)c2OC)[C@H]1OC(=O)C(C)=CC. The van der Waals surface area contributed by atoms with Crippen molar-refractivity contribution in [3.63, 3.8) is 0 Å². The summed E-state index contributed by atoms with van der Waals surface area (Å²) < 4.78 is 16.7. The monoisotopic (exact) mass is 346 g/mol. The zero-order valence-corrected chi connectivity index (χ0v) is 15.0. The highest BCUT2D eigenvalue weighted by Crippen LogP contribution is 2.51. The van der Waals surface area contributed by atoms with Crippen LogP contribution >= 0.6 is 0 Å². The van der Waals surface area contributed by atoms with Crippen LogP contribution < -0.4 is 9.47 Å². The molecule has 0 fully saturated rings. The van der Waals surface area contributed by atoms with Crippen LogP contribution in [0, 0.1) is 0 Å². The molecule has 0 aromatic heterocycles. The third kappa shape index (κ3) is 3.24. The number of fused-ring (bicyclic) bond motifs is 1. The van der Waals surface area contributed by atoms with Crippen molar-refractivity contribution in [2.45, 2.75) is 39.9 Å². The first-order valence-corrected chi connectivity index (χ1v) is 7.83. The summed E-state index contributed by atoms with van der Waals surface area (Å²) in [5.74, 6) is -0.853. The van der Waals surface area contributed by atoms with Gasteiger partial charge in [-0.1, -0.05) is 12.7 Å². The Kier molecular flexibility index (Phi) is 5.21. The van der Waals surface area contributed by atoms with Crippen LogP contribution in [-0.2, 0) is 9.53 Å². The maximum absolute atomic E-state index is 12.2. The molecule has 2 rings (SSSR count). The van der Waals surface area contributed by atoms with Crippen molar-refractivity contribution in [1.29, 1.82) is 0 Å². The zero-order valence-electron chi connectivity index (χ0n) is 15.0. The lowest BCUT2D eigenvalue weighted by molar-refractivity contribution is -0.146. The van der Waals surface area contributed by atoms with Crippen molar-refractivity contribution in [3.05, 3.63) is 41.0 Å². The topological polar surface area (TPSA) is 82.1 Å². The fraction of sp³-hybridized carbons (Fsp3) is 0.368. The van der Waals surface area contributed by atoms with Crippen LogP contribution in [0.15, 0.2) is 29.9 Å². The first-order valence-electron chi connectivity index (χ1n) is 7.83. The van der Waals surface area contributed by atoms with Gasteiger partial charge in [0.25, 0.3) is 0 Å². The molecule has 0 saturated heterocycles. The standard InChI is InChI=1S/C19H22O6/c1-7-10(4)19(22)25-16-13-8-12(11(5)20)14(21)18(23-6)17(13)24-15(16)9(2)3/h7-8,15-16,21H,2H2,1,3-6H3/t15-,16-/m1/s1. The Labute approximate surface area is 146 Å². The minimum absolute atomic E-state index is 0.0373. The normalized spacial score (nSPS) is 19.0. The van der Waals surface area contributed by atoms with Gasteiger partial charge in [-0.15, -0.1) is 0 Å². The van der Waals surface area contributed by atoms with E-state index in [4.69, 9.17) is 14.2 Å². The van der Waals surface area contributed by atoms with E-state index in [0.29, 0.717) is 16.7 Å². The van der Waals surface area contributed by atoms with E-state index in [0.717, 1.165) is 0 Å². The molecule has 1 aromatic rings. The third-order valence-corrected chi connectivity index (χ3v) is 4.12. The number of allylic oxidation sites excluding steroid dienone is 1. The van der Waals surface area contributed by atoms with E-state index in [1.54, 1.807) is 26.8 Å². The minimum Gasteiger partial charge on any atom is -0.504 e. The summed E-state index contributed by atoms with van der Waals surface area (Å²) in [5, 5.41) is 10.3. The van der Waals surface area contributed by atoms with Gasteiger partial charge in [0.15, 0.2) is 29.5 Å². The molecule has 0 unspecified atom stereocenters. The summed E-state index contributed by atoms with van der Waals surface area (Å²) in [6.45, 7) is 10.3.